The number of hydrogen-bond donors (Lipinski definition) is 2. The van der Waals surface area contributed by atoms with Gasteiger partial charge in [-0.1, -0.05) is 54.6 Å². The van der Waals surface area contributed by atoms with Crippen molar-refractivity contribution in [2.45, 2.75) is 37.2 Å². The van der Waals surface area contributed by atoms with Crippen molar-refractivity contribution in [2.75, 3.05) is 58.3 Å². The summed E-state index contributed by atoms with van der Waals surface area (Å²) in [5.41, 5.74) is 11.3. The molecule has 0 amide bonds. The van der Waals surface area contributed by atoms with Crippen LogP contribution >= 0.6 is 0 Å². The van der Waals surface area contributed by atoms with E-state index in [9.17, 15) is 26.3 Å². The van der Waals surface area contributed by atoms with Gasteiger partial charge in [-0.25, -0.2) is 15.0 Å². The highest BCUT2D eigenvalue weighted by molar-refractivity contribution is 5.85. The third-order valence-electron chi connectivity index (χ3n) is 8.81. The molecule has 4 aromatic rings. The number of anilines is 1. The van der Waals surface area contributed by atoms with E-state index in [-0.39, 0.29) is 5.54 Å². The second-order valence-corrected chi connectivity index (χ2v) is 12.9. The predicted octanol–water partition coefficient (Wildman–Crippen LogP) is 0.844. The first-order chi connectivity index (χ1) is 24.4. The number of nitrogens with zero attached hydrogens (tertiary/aromatic N) is 5. The number of fused-ring (bicyclic) bond motifs is 1. The monoisotopic (exact) mass is 735 g/mol. The zero-order chi connectivity index (χ0) is 38.3. The van der Waals surface area contributed by atoms with Gasteiger partial charge in [-0.15, -0.1) is 0 Å². The van der Waals surface area contributed by atoms with Gasteiger partial charge in [0.15, 0.2) is 5.65 Å². The number of carbonyl (C=O) groups excluding carboxylic acids is 2. The summed E-state index contributed by atoms with van der Waals surface area (Å²) >= 11 is 0. The van der Waals surface area contributed by atoms with E-state index in [1.54, 1.807) is 4.90 Å². The van der Waals surface area contributed by atoms with Gasteiger partial charge in [0.25, 0.3) is 0 Å². The largest absolute Gasteiger partial charge is 0.542 e. The summed E-state index contributed by atoms with van der Waals surface area (Å²) in [6.07, 6.45) is -6.80. The minimum atomic E-state index is -5.19. The Balaban J connectivity index is 0.000000367. The van der Waals surface area contributed by atoms with Gasteiger partial charge in [0.05, 0.1) is 44.1 Å². The van der Waals surface area contributed by atoms with Gasteiger partial charge in [0.1, 0.15) is 28.8 Å². The molecule has 2 aromatic carbocycles. The highest BCUT2D eigenvalue weighted by Gasteiger charge is 2.38. The molecule has 0 bridgehead atoms. The van der Waals surface area contributed by atoms with E-state index in [1.165, 1.54) is 18.5 Å². The maximum atomic E-state index is 10.5. The Morgan fingerprint density at radius 1 is 0.808 bits per heavy atom. The van der Waals surface area contributed by atoms with Gasteiger partial charge in [0.2, 0.25) is 0 Å². The molecule has 1 aliphatic heterocycles. The zero-order valence-electron chi connectivity index (χ0n) is 28.6. The molecular weight excluding hydrogens is 696 g/mol. The van der Waals surface area contributed by atoms with Crippen molar-refractivity contribution in [3.63, 3.8) is 0 Å². The second kappa shape index (κ2) is 16.6. The highest BCUT2D eigenvalue weighted by Crippen LogP contribution is 2.38. The van der Waals surface area contributed by atoms with Crippen LogP contribution in [-0.4, -0.2) is 97.5 Å². The fraction of sp³-hybridized carbons (Fsp3) is 0.400. The smallest absolute Gasteiger partial charge is 0.430 e. The molecule has 2 aromatic heterocycles. The van der Waals surface area contributed by atoms with Crippen LogP contribution in [0.1, 0.15) is 24.8 Å². The number of likely N-dealkylation sites (N-methyl/N-ethyl adjacent to an activating group) is 1. The lowest BCUT2D eigenvalue weighted by molar-refractivity contribution is -0.900. The fourth-order valence-corrected chi connectivity index (χ4v) is 5.67. The Morgan fingerprint density at radius 2 is 1.33 bits per heavy atom. The molecule has 3 heterocycles. The molecule has 0 radical (unpaired) electrons. The molecule has 2 aliphatic rings. The standard InChI is InChI=1S/C31H37N7.2C2HF3O2/c1-36(2)17-18-37-19-21-38(22-20-37)27-14-13-26-30(34-27)35-29(28(33-26)23-7-4-3-5-8-23)24-9-11-25(12-10-24)31(32)15-6-16-31;2*3-2(4,5)1(6)7/h3-5,7-14H,6,15-22,32H2,1-2H3;2*(H,6,7). The quantitative estimate of drug-likeness (QED) is 0.263. The van der Waals surface area contributed by atoms with Gasteiger partial charge in [-0.3, -0.25) is 0 Å². The van der Waals surface area contributed by atoms with Gasteiger partial charge >= 0.3 is 12.4 Å². The van der Waals surface area contributed by atoms with E-state index in [1.807, 2.05) is 6.07 Å². The molecule has 52 heavy (non-hydrogen) atoms. The number of benzene rings is 2. The summed E-state index contributed by atoms with van der Waals surface area (Å²) < 4.78 is 63.1. The van der Waals surface area contributed by atoms with Crippen LogP contribution in [0.5, 0.6) is 0 Å². The number of hydrogen-bond acceptors (Lipinski definition) is 9. The molecule has 1 saturated carbocycles. The number of halogens is 6. The third kappa shape index (κ3) is 10.6. The predicted molar refractivity (Wildman–Crippen MR) is 175 cm³/mol. The summed E-state index contributed by atoms with van der Waals surface area (Å²) in [7, 11) is 4.29. The first kappa shape index (κ1) is 39.9. The van der Waals surface area contributed by atoms with Crippen molar-refractivity contribution < 1.29 is 56.8 Å². The lowest BCUT2D eigenvalue weighted by Crippen LogP contribution is -3.15. The topological polar surface area (TPSA) is 157 Å². The van der Waals surface area contributed by atoms with Crippen LogP contribution in [0.3, 0.4) is 0 Å². The molecule has 11 nitrogen and oxygen atoms in total. The van der Waals surface area contributed by atoms with E-state index in [0.717, 1.165) is 79.4 Å². The Morgan fingerprint density at radius 3 is 1.81 bits per heavy atom. The minimum absolute atomic E-state index is 0.0739. The van der Waals surface area contributed by atoms with Crippen molar-refractivity contribution in [1.29, 1.82) is 0 Å². The van der Waals surface area contributed by atoms with Gasteiger partial charge in [-0.2, -0.15) is 26.3 Å². The maximum absolute atomic E-state index is 10.5. The lowest BCUT2D eigenvalue weighted by Gasteiger charge is -2.34. The molecule has 6 rings (SSSR count). The van der Waals surface area contributed by atoms with Crippen molar-refractivity contribution in [3.05, 3.63) is 72.3 Å². The summed E-state index contributed by atoms with van der Waals surface area (Å²) in [5, 5.41) is 17.6. The first-order valence-electron chi connectivity index (χ1n) is 16.4. The molecule has 17 heteroatoms. The molecule has 280 valence electrons. The number of aromatic nitrogens is 3. The third-order valence-corrected chi connectivity index (χ3v) is 8.81. The van der Waals surface area contributed by atoms with Gasteiger partial charge < -0.3 is 40.2 Å². The summed E-state index contributed by atoms with van der Waals surface area (Å²) in [5.74, 6) is -5.02. The van der Waals surface area contributed by atoms with Crippen molar-refractivity contribution in [2.24, 2.45) is 0 Å². The normalized spacial score (nSPS) is 15.9. The SMILES string of the molecule is CN(C)CC[NH+]1CCN(c2ccc3nc(-c4ccccc4)c(-c4ccc(C5([NH3+])CCC5)cc4)nc3n2)CC1.O=C([O-])C(F)(F)F.O=C([O-])C(F)(F)F. The number of piperazine rings is 1. The number of rotatable bonds is 7. The van der Waals surface area contributed by atoms with E-state index < -0.39 is 24.3 Å². The Hall–Kier alpha value is -4.87. The Kier molecular flexibility index (Phi) is 12.8. The number of nitrogens with one attached hydrogen (secondary N) is 1. The molecule has 1 aliphatic carbocycles. The van der Waals surface area contributed by atoms with E-state index in [2.05, 4.69) is 90.3 Å². The minimum Gasteiger partial charge on any atom is -0.542 e. The van der Waals surface area contributed by atoms with E-state index >= 15 is 0 Å². The second-order valence-electron chi connectivity index (χ2n) is 12.9. The molecule has 0 unspecified atom stereocenters. The number of carbonyl (C=O) groups is 2. The van der Waals surface area contributed by atoms with Crippen molar-refractivity contribution in [3.8, 4) is 22.5 Å². The molecule has 0 spiro atoms. The van der Waals surface area contributed by atoms with E-state index in [0.29, 0.717) is 5.65 Å². The lowest BCUT2D eigenvalue weighted by atomic mass is 9.72. The molecule has 0 atom stereocenters. The number of pyridine rings is 1. The number of quaternary nitrogens is 2. The first-order valence-corrected chi connectivity index (χ1v) is 16.4. The summed E-state index contributed by atoms with van der Waals surface area (Å²) in [6.45, 7) is 6.62. The Labute approximate surface area is 295 Å². The van der Waals surface area contributed by atoms with Crippen LogP contribution in [-0.2, 0) is 15.1 Å². The molecular formula is C35H39F6N7O4. The van der Waals surface area contributed by atoms with Crippen LogP contribution in [0.15, 0.2) is 66.7 Å². The maximum Gasteiger partial charge on any atom is 0.430 e. The zero-order valence-corrected chi connectivity index (χ0v) is 28.6. The number of carboxylic acid groups (broad SMARTS) is 2. The molecule has 2 fully saturated rings. The number of alkyl halides is 6. The average molecular weight is 736 g/mol. The van der Waals surface area contributed by atoms with Crippen LogP contribution in [0, 0.1) is 0 Å². The van der Waals surface area contributed by atoms with Crippen LogP contribution in [0.25, 0.3) is 33.7 Å². The van der Waals surface area contributed by atoms with Crippen molar-refractivity contribution in [1.82, 2.24) is 19.9 Å². The number of carboxylic acids is 2. The van der Waals surface area contributed by atoms with Gasteiger partial charge in [0, 0.05) is 36.1 Å². The van der Waals surface area contributed by atoms with Crippen LogP contribution in [0.4, 0.5) is 32.2 Å². The average Bonchev–Trinajstić information content (AvgIpc) is 3.09. The fourth-order valence-electron chi connectivity index (χ4n) is 5.67. The van der Waals surface area contributed by atoms with Crippen LogP contribution in [0.2, 0.25) is 0 Å². The van der Waals surface area contributed by atoms with Crippen molar-refractivity contribution >= 4 is 28.9 Å². The van der Waals surface area contributed by atoms with E-state index in [4.69, 9.17) is 34.8 Å². The van der Waals surface area contributed by atoms with Crippen LogP contribution < -0.4 is 25.7 Å². The number of aliphatic carboxylic acids is 2. The molecule has 4 N–H and O–H groups in total. The molecule has 1 saturated heterocycles. The Bertz CT molecular complexity index is 1790. The highest BCUT2D eigenvalue weighted by atomic mass is 19.4. The summed E-state index contributed by atoms with van der Waals surface area (Å²) in [4.78, 5) is 39.2. The van der Waals surface area contributed by atoms with Gasteiger partial charge in [-0.05, 0) is 32.6 Å². The summed E-state index contributed by atoms with van der Waals surface area (Å²) in [6, 6.07) is 23.4.